The number of phenols is 2. The van der Waals surface area contributed by atoms with Gasteiger partial charge in [0.1, 0.15) is 33.8 Å². The normalized spacial score (nSPS) is 11.6. The molecule has 0 fully saturated rings. The molecule has 0 unspecified atom stereocenters. The molecule has 7 heteroatoms. The molecule has 204 valence electrons. The van der Waals surface area contributed by atoms with E-state index in [0.717, 1.165) is 0 Å². The molecule has 0 saturated carbocycles. The van der Waals surface area contributed by atoms with Crippen molar-refractivity contribution in [1.82, 2.24) is 0 Å². The molecule has 4 rings (SSSR count). The first-order chi connectivity index (χ1) is 18.5. The van der Waals surface area contributed by atoms with Crippen LogP contribution in [0, 0.1) is 11.8 Å². The summed E-state index contributed by atoms with van der Waals surface area (Å²) in [6.07, 6.45) is 2.10. The van der Waals surface area contributed by atoms with E-state index in [9.17, 15) is 24.6 Å². The maximum Gasteiger partial charge on any atom is 0.343 e. The summed E-state index contributed by atoms with van der Waals surface area (Å²) in [5.74, 6) is -0.924. The third-order valence-electron chi connectivity index (χ3n) is 6.89. The second kappa shape index (κ2) is 11.3. The fraction of sp³-hybridized carbons (Fsp3) is 0.344. The Morgan fingerprint density at radius 1 is 0.872 bits per heavy atom. The van der Waals surface area contributed by atoms with Crippen LogP contribution < -0.4 is 10.2 Å². The van der Waals surface area contributed by atoms with Crippen LogP contribution >= 0.6 is 0 Å². The Kier molecular flexibility index (Phi) is 8.09. The summed E-state index contributed by atoms with van der Waals surface area (Å²) in [7, 11) is 0. The summed E-state index contributed by atoms with van der Waals surface area (Å²) in [5, 5.41) is 21.9. The Morgan fingerprint density at radius 3 is 2.05 bits per heavy atom. The van der Waals surface area contributed by atoms with Gasteiger partial charge in [-0.3, -0.25) is 9.59 Å². The monoisotopic (exact) mass is 530 g/mol. The van der Waals surface area contributed by atoms with Gasteiger partial charge >= 0.3 is 5.97 Å². The second-order valence-corrected chi connectivity index (χ2v) is 10.8. The lowest BCUT2D eigenvalue weighted by Crippen LogP contribution is -2.15. The highest BCUT2D eigenvalue weighted by atomic mass is 16.5. The van der Waals surface area contributed by atoms with Crippen LogP contribution in [0.4, 0.5) is 0 Å². The molecule has 3 aromatic carbocycles. The fourth-order valence-electron chi connectivity index (χ4n) is 4.79. The van der Waals surface area contributed by atoms with E-state index in [1.807, 2.05) is 27.7 Å². The van der Waals surface area contributed by atoms with Gasteiger partial charge in [0, 0.05) is 17.7 Å². The molecule has 0 saturated heterocycles. The van der Waals surface area contributed by atoms with Gasteiger partial charge in [-0.25, -0.2) is 4.79 Å². The number of benzene rings is 3. The van der Waals surface area contributed by atoms with Gasteiger partial charge in [-0.1, -0.05) is 45.9 Å². The summed E-state index contributed by atoms with van der Waals surface area (Å²) in [6, 6.07) is 11.1. The number of hydrogen-bond donors (Lipinski definition) is 2. The predicted molar refractivity (Wildman–Crippen MR) is 151 cm³/mol. The Balaban J connectivity index is 2.02. The van der Waals surface area contributed by atoms with Gasteiger partial charge in [-0.15, -0.1) is 0 Å². The molecule has 0 aliphatic heterocycles. The number of aryl methyl sites for hydroxylation is 1. The van der Waals surface area contributed by atoms with Crippen LogP contribution in [0.1, 0.15) is 79.3 Å². The Labute approximate surface area is 227 Å². The molecule has 7 nitrogen and oxygen atoms in total. The number of Topliss-reactive ketones (excluding diaryl/α,β-unsaturated/α-hetero) is 1. The first-order valence-corrected chi connectivity index (χ1v) is 13.3. The molecule has 0 bridgehead atoms. The maximum atomic E-state index is 14.0. The zero-order valence-corrected chi connectivity index (χ0v) is 23.0. The average molecular weight is 531 g/mol. The number of phenolic OH excluding ortho intramolecular Hbond substituents is 2. The van der Waals surface area contributed by atoms with Crippen LogP contribution in [0.3, 0.4) is 0 Å². The summed E-state index contributed by atoms with van der Waals surface area (Å²) in [4.78, 5) is 39.9. The van der Waals surface area contributed by atoms with E-state index in [1.54, 1.807) is 30.3 Å². The molecule has 2 N–H and O–H groups in total. The zero-order valence-electron chi connectivity index (χ0n) is 23.0. The minimum atomic E-state index is -0.652. The van der Waals surface area contributed by atoms with Gasteiger partial charge in [-0.2, -0.15) is 0 Å². The van der Waals surface area contributed by atoms with Gasteiger partial charge in [-0.05, 0) is 62.1 Å². The van der Waals surface area contributed by atoms with Crippen LogP contribution in [0.5, 0.6) is 17.2 Å². The Hall–Kier alpha value is -4.13. The highest BCUT2D eigenvalue weighted by molar-refractivity contribution is 6.06. The molecule has 0 aliphatic carbocycles. The number of fused-ring (bicyclic) bond motifs is 2. The second-order valence-electron chi connectivity index (χ2n) is 10.8. The lowest BCUT2D eigenvalue weighted by atomic mass is 9.91. The van der Waals surface area contributed by atoms with Crippen LogP contribution in [-0.4, -0.2) is 22.0 Å². The quantitative estimate of drug-likeness (QED) is 0.104. The van der Waals surface area contributed by atoms with E-state index in [2.05, 4.69) is 0 Å². The summed E-state index contributed by atoms with van der Waals surface area (Å²) in [5.41, 5.74) is 0.735. The van der Waals surface area contributed by atoms with Crippen molar-refractivity contribution in [1.29, 1.82) is 0 Å². The van der Waals surface area contributed by atoms with E-state index < -0.39 is 11.4 Å². The first-order valence-electron chi connectivity index (χ1n) is 13.3. The molecule has 0 amide bonds. The highest BCUT2D eigenvalue weighted by Crippen LogP contribution is 2.39. The first kappa shape index (κ1) is 27.9. The third kappa shape index (κ3) is 5.67. The number of ether oxygens (including phenoxy) is 1. The topological polar surface area (TPSA) is 114 Å². The van der Waals surface area contributed by atoms with Crippen molar-refractivity contribution in [3.63, 3.8) is 0 Å². The lowest BCUT2D eigenvalue weighted by Gasteiger charge is -2.17. The summed E-state index contributed by atoms with van der Waals surface area (Å²) in [6.45, 7) is 9.49. The van der Waals surface area contributed by atoms with Crippen molar-refractivity contribution < 1.29 is 29.0 Å². The highest BCUT2D eigenvalue weighted by Gasteiger charge is 2.26. The molecular weight excluding hydrogens is 496 g/mol. The molecule has 0 spiro atoms. The van der Waals surface area contributed by atoms with E-state index >= 15 is 0 Å². The number of carbonyl (C=O) groups is 2. The molecule has 39 heavy (non-hydrogen) atoms. The van der Waals surface area contributed by atoms with Crippen LogP contribution in [0.2, 0.25) is 0 Å². The van der Waals surface area contributed by atoms with E-state index in [4.69, 9.17) is 9.15 Å². The zero-order chi connectivity index (χ0) is 28.4. The largest absolute Gasteiger partial charge is 0.507 e. The molecule has 0 atom stereocenters. The van der Waals surface area contributed by atoms with E-state index in [0.29, 0.717) is 42.7 Å². The predicted octanol–water partition coefficient (Wildman–Crippen LogP) is 6.96. The van der Waals surface area contributed by atoms with E-state index in [1.165, 1.54) is 19.1 Å². The number of ketones is 1. The number of esters is 1. The minimum absolute atomic E-state index is 0.00141. The average Bonchev–Trinajstić information content (AvgIpc) is 2.86. The van der Waals surface area contributed by atoms with Gasteiger partial charge < -0.3 is 19.4 Å². The third-order valence-corrected chi connectivity index (χ3v) is 6.89. The SMILES string of the molecule is CC(=O)c1c(OC(=O)c2ccccc2)cc2oc3cc(O)c(CCC(C)C)c(O)c3c(=O)c2c1CCC(C)C. The summed E-state index contributed by atoms with van der Waals surface area (Å²) < 4.78 is 11.8. The maximum absolute atomic E-state index is 14.0. The number of aromatic hydroxyl groups is 2. The van der Waals surface area contributed by atoms with Gasteiger partial charge in [0.15, 0.2) is 5.78 Å². The lowest BCUT2D eigenvalue weighted by molar-refractivity contribution is 0.0733. The molecule has 1 heterocycles. The van der Waals surface area contributed by atoms with Gasteiger partial charge in [0.05, 0.1) is 16.5 Å². The molecule has 0 aliphatic rings. The number of rotatable bonds is 9. The van der Waals surface area contributed by atoms with Crippen LogP contribution in [-0.2, 0) is 12.8 Å². The summed E-state index contributed by atoms with van der Waals surface area (Å²) >= 11 is 0. The van der Waals surface area contributed by atoms with Crippen molar-refractivity contribution in [2.24, 2.45) is 11.8 Å². The Morgan fingerprint density at radius 2 is 1.46 bits per heavy atom. The van der Waals surface area contributed by atoms with Crippen LogP contribution in [0.15, 0.2) is 51.7 Å². The molecular formula is C32H34O7. The smallest absolute Gasteiger partial charge is 0.343 e. The molecule has 1 aromatic heterocycles. The van der Waals surface area contributed by atoms with Crippen LogP contribution in [0.25, 0.3) is 21.9 Å². The minimum Gasteiger partial charge on any atom is -0.507 e. The van der Waals surface area contributed by atoms with Crippen molar-refractivity contribution in [2.45, 2.75) is 60.3 Å². The number of hydrogen-bond acceptors (Lipinski definition) is 7. The van der Waals surface area contributed by atoms with Crippen molar-refractivity contribution in [3.05, 3.63) is 74.9 Å². The Bertz CT molecular complexity index is 1610. The van der Waals surface area contributed by atoms with E-state index in [-0.39, 0.29) is 62.0 Å². The fourth-order valence-corrected chi connectivity index (χ4v) is 4.79. The molecule has 4 aromatic rings. The van der Waals surface area contributed by atoms with Gasteiger partial charge in [0.2, 0.25) is 5.43 Å². The van der Waals surface area contributed by atoms with Gasteiger partial charge in [0.25, 0.3) is 0 Å². The van der Waals surface area contributed by atoms with Crippen molar-refractivity contribution in [3.8, 4) is 17.2 Å². The molecule has 0 radical (unpaired) electrons. The van der Waals surface area contributed by atoms with Crippen molar-refractivity contribution in [2.75, 3.05) is 0 Å². The number of carbonyl (C=O) groups excluding carboxylic acids is 2. The standard InChI is InChI=1S/C32H34O7/c1-17(2)11-13-21-23(34)15-24-29(30(21)35)31(36)28-22(14-12-18(3)4)27(19(5)33)25(16-26(28)38-24)39-32(37)20-9-7-6-8-10-20/h6-10,15-18,34-35H,11-14H2,1-5H3. The van der Waals surface area contributed by atoms with Crippen molar-refractivity contribution >= 4 is 33.7 Å².